The fourth-order valence-electron chi connectivity index (χ4n) is 2.40. The molecule has 2 rings (SSSR count). The summed E-state index contributed by atoms with van der Waals surface area (Å²) in [6, 6.07) is 9.74. The Labute approximate surface area is 143 Å². The van der Waals surface area contributed by atoms with E-state index in [1.54, 1.807) is 11.6 Å². The highest BCUT2D eigenvalue weighted by Gasteiger charge is 2.13. The first kappa shape index (κ1) is 17.9. The third-order valence-electron chi connectivity index (χ3n) is 3.63. The lowest BCUT2D eigenvalue weighted by Crippen LogP contribution is -2.13. The van der Waals surface area contributed by atoms with E-state index in [0.717, 1.165) is 24.1 Å². The Morgan fingerprint density at radius 3 is 2.71 bits per heavy atom. The van der Waals surface area contributed by atoms with Gasteiger partial charge in [0.15, 0.2) is 0 Å². The van der Waals surface area contributed by atoms with Gasteiger partial charge in [-0.3, -0.25) is 0 Å². The topological polar surface area (TPSA) is 57.0 Å². The van der Waals surface area contributed by atoms with Gasteiger partial charge in [-0.2, -0.15) is 0 Å². The van der Waals surface area contributed by atoms with E-state index in [1.807, 2.05) is 42.6 Å². The molecule has 24 heavy (non-hydrogen) atoms. The lowest BCUT2D eigenvalue weighted by Gasteiger charge is -2.07. The molecule has 0 amide bonds. The third-order valence-corrected chi connectivity index (χ3v) is 3.63. The number of aromatic nitrogens is 3. The molecule has 128 valence electrons. The van der Waals surface area contributed by atoms with Crippen LogP contribution in [0.3, 0.4) is 0 Å². The predicted octanol–water partition coefficient (Wildman–Crippen LogP) is 3.66. The predicted molar refractivity (Wildman–Crippen MR) is 94.3 cm³/mol. The molecule has 0 unspecified atom stereocenters. The molecule has 0 bridgehead atoms. The van der Waals surface area contributed by atoms with Gasteiger partial charge in [0.25, 0.3) is 0 Å². The van der Waals surface area contributed by atoms with E-state index in [4.69, 9.17) is 4.74 Å². The Hall–Kier alpha value is -2.43. The van der Waals surface area contributed by atoms with Crippen molar-refractivity contribution in [3.05, 3.63) is 53.4 Å². The minimum absolute atomic E-state index is 0.315. The van der Waals surface area contributed by atoms with Crippen LogP contribution in [0.5, 0.6) is 0 Å². The van der Waals surface area contributed by atoms with Crippen molar-refractivity contribution in [3.63, 3.8) is 0 Å². The maximum absolute atomic E-state index is 12.2. The van der Waals surface area contributed by atoms with Crippen LogP contribution >= 0.6 is 0 Å². The second-order valence-corrected chi connectivity index (χ2v) is 5.67. The maximum Gasteiger partial charge on any atom is 0.335 e. The quantitative estimate of drug-likeness (QED) is 0.401. The smallest absolute Gasteiger partial charge is 0.335 e. The average molecular weight is 327 g/mol. The molecule has 1 heterocycles. The molecule has 5 nitrogen and oxygen atoms in total. The first-order chi connectivity index (χ1) is 11.7. The van der Waals surface area contributed by atoms with Crippen molar-refractivity contribution < 1.29 is 9.53 Å². The van der Waals surface area contributed by atoms with Crippen molar-refractivity contribution in [1.29, 1.82) is 0 Å². The molecule has 0 aliphatic heterocycles. The summed E-state index contributed by atoms with van der Waals surface area (Å²) < 4.78 is 6.87. The summed E-state index contributed by atoms with van der Waals surface area (Å²) in [4.78, 5) is 12.2. The molecule has 0 spiro atoms. The number of carbonyl (C=O) groups excluding carboxylic acids is 1. The normalized spacial score (nSPS) is 11.5. The molecule has 1 aromatic carbocycles. The first-order valence-electron chi connectivity index (χ1n) is 8.54. The lowest BCUT2D eigenvalue weighted by molar-refractivity contribution is -0.138. The Kier molecular flexibility index (Phi) is 7.21. The van der Waals surface area contributed by atoms with Crippen LogP contribution < -0.4 is 0 Å². The van der Waals surface area contributed by atoms with Gasteiger partial charge < -0.3 is 4.74 Å². The fourth-order valence-corrected chi connectivity index (χ4v) is 2.40. The number of esters is 1. The molecule has 0 aliphatic rings. The van der Waals surface area contributed by atoms with Crippen molar-refractivity contribution in [2.24, 2.45) is 0 Å². The van der Waals surface area contributed by atoms with Gasteiger partial charge in [-0.1, -0.05) is 55.3 Å². The number of rotatable bonds is 9. The second kappa shape index (κ2) is 9.65. The molecule has 0 saturated carbocycles. The van der Waals surface area contributed by atoms with Crippen molar-refractivity contribution in [2.75, 3.05) is 6.61 Å². The fraction of sp³-hybridized carbons (Fsp3) is 0.421. The van der Waals surface area contributed by atoms with Crippen LogP contribution in [0.1, 0.15) is 44.4 Å². The summed E-state index contributed by atoms with van der Waals surface area (Å²) in [5, 5.41) is 8.32. The summed E-state index contributed by atoms with van der Waals surface area (Å²) in [5.41, 5.74) is 2.49. The van der Waals surface area contributed by atoms with E-state index >= 15 is 0 Å². The minimum atomic E-state index is -0.315. The molecular formula is C19H25N3O2. The first-order valence-corrected chi connectivity index (χ1v) is 8.54. The Bertz CT molecular complexity index is 662. The number of unbranched alkanes of at least 4 members (excludes halogenated alkanes) is 2. The Morgan fingerprint density at radius 1 is 1.21 bits per heavy atom. The largest absolute Gasteiger partial charge is 0.463 e. The number of ether oxygens (including phenoxy) is 1. The number of carbonyl (C=O) groups is 1. The lowest BCUT2D eigenvalue weighted by atomic mass is 10.1. The summed E-state index contributed by atoms with van der Waals surface area (Å²) in [7, 11) is 0. The molecule has 0 N–H and O–H groups in total. The van der Waals surface area contributed by atoms with Gasteiger partial charge in [0.05, 0.1) is 24.4 Å². The Balaban J connectivity index is 2.11. The van der Waals surface area contributed by atoms with Gasteiger partial charge in [-0.05, 0) is 31.4 Å². The van der Waals surface area contributed by atoms with E-state index < -0.39 is 0 Å². The minimum Gasteiger partial charge on any atom is -0.463 e. The van der Waals surface area contributed by atoms with Crippen LogP contribution in [-0.4, -0.2) is 27.6 Å². The van der Waals surface area contributed by atoms with Crippen LogP contribution in [-0.2, 0) is 22.5 Å². The van der Waals surface area contributed by atoms with Gasteiger partial charge in [-0.25, -0.2) is 9.48 Å². The van der Waals surface area contributed by atoms with Gasteiger partial charge in [0.1, 0.15) is 0 Å². The number of nitrogens with zero attached hydrogens (tertiary/aromatic N) is 3. The van der Waals surface area contributed by atoms with Crippen molar-refractivity contribution >= 4 is 12.0 Å². The summed E-state index contributed by atoms with van der Waals surface area (Å²) in [6.45, 7) is 4.69. The highest BCUT2D eigenvalue weighted by Crippen LogP contribution is 2.11. The number of hydrogen-bond donors (Lipinski definition) is 0. The van der Waals surface area contributed by atoms with E-state index in [-0.39, 0.29) is 5.97 Å². The highest BCUT2D eigenvalue weighted by atomic mass is 16.5. The standard InChI is InChI=1S/C19H25N3O2/c1-3-5-7-12-18-15-22(21-20-18)14-17(19(23)24-4-2)13-16-10-8-6-9-11-16/h6,8-11,13,15H,3-5,7,12,14H2,1-2H3/b17-13+. The van der Waals surface area contributed by atoms with E-state index in [1.165, 1.54) is 12.8 Å². The molecular weight excluding hydrogens is 302 g/mol. The van der Waals surface area contributed by atoms with Crippen LogP contribution in [0.4, 0.5) is 0 Å². The molecule has 1 aromatic heterocycles. The summed E-state index contributed by atoms with van der Waals surface area (Å²) >= 11 is 0. The van der Waals surface area contributed by atoms with Crippen molar-refractivity contribution in [1.82, 2.24) is 15.0 Å². The Morgan fingerprint density at radius 2 is 2.00 bits per heavy atom. The zero-order valence-corrected chi connectivity index (χ0v) is 14.4. The molecule has 0 atom stereocenters. The zero-order chi connectivity index (χ0) is 17.2. The molecule has 0 saturated heterocycles. The van der Waals surface area contributed by atoms with Crippen LogP contribution in [0.15, 0.2) is 42.1 Å². The SMILES string of the molecule is CCCCCc1cn(C/C(=C\c2ccccc2)C(=O)OCC)nn1. The average Bonchev–Trinajstić information content (AvgIpc) is 3.03. The van der Waals surface area contributed by atoms with Crippen LogP contribution in [0.2, 0.25) is 0 Å². The van der Waals surface area contributed by atoms with Crippen LogP contribution in [0, 0.1) is 0 Å². The summed E-state index contributed by atoms with van der Waals surface area (Å²) in [6.07, 6.45) is 8.16. The van der Waals surface area contributed by atoms with Gasteiger partial charge in [-0.15, -0.1) is 5.10 Å². The second-order valence-electron chi connectivity index (χ2n) is 5.67. The highest BCUT2D eigenvalue weighted by molar-refractivity contribution is 5.93. The van der Waals surface area contributed by atoms with Crippen molar-refractivity contribution in [3.8, 4) is 0 Å². The summed E-state index contributed by atoms with van der Waals surface area (Å²) in [5.74, 6) is -0.315. The third kappa shape index (κ3) is 5.65. The van der Waals surface area contributed by atoms with Gasteiger partial charge in [0, 0.05) is 6.20 Å². The van der Waals surface area contributed by atoms with E-state index in [9.17, 15) is 4.79 Å². The zero-order valence-electron chi connectivity index (χ0n) is 14.4. The molecule has 0 fully saturated rings. The number of hydrogen-bond acceptors (Lipinski definition) is 4. The number of benzene rings is 1. The van der Waals surface area contributed by atoms with E-state index in [0.29, 0.717) is 18.7 Å². The van der Waals surface area contributed by atoms with Gasteiger partial charge in [0.2, 0.25) is 0 Å². The maximum atomic E-state index is 12.2. The molecule has 0 radical (unpaired) electrons. The van der Waals surface area contributed by atoms with Gasteiger partial charge >= 0.3 is 5.97 Å². The molecule has 2 aromatic rings. The van der Waals surface area contributed by atoms with Crippen molar-refractivity contribution in [2.45, 2.75) is 46.1 Å². The van der Waals surface area contributed by atoms with E-state index in [2.05, 4.69) is 17.2 Å². The molecule has 5 heteroatoms. The molecule has 0 aliphatic carbocycles. The monoisotopic (exact) mass is 327 g/mol. The number of aryl methyl sites for hydroxylation is 1. The van der Waals surface area contributed by atoms with Crippen LogP contribution in [0.25, 0.3) is 6.08 Å².